The van der Waals surface area contributed by atoms with E-state index in [1.807, 2.05) is 54.0 Å². The van der Waals surface area contributed by atoms with Crippen LogP contribution in [0, 0.1) is 0 Å². The normalized spacial score (nSPS) is 21.7. The van der Waals surface area contributed by atoms with E-state index < -0.39 is 5.92 Å². The molecule has 0 aliphatic carbocycles. The summed E-state index contributed by atoms with van der Waals surface area (Å²) in [5.74, 6) is 1.13. The van der Waals surface area contributed by atoms with Gasteiger partial charge in [0, 0.05) is 25.2 Å². The van der Waals surface area contributed by atoms with Crippen molar-refractivity contribution in [2.45, 2.75) is 51.5 Å². The molecule has 3 heterocycles. The number of carbonyl (C=O) groups excluding carboxylic acids is 2. The third-order valence-electron chi connectivity index (χ3n) is 7.12. The predicted octanol–water partition coefficient (Wildman–Crippen LogP) is 4.33. The monoisotopic (exact) mass is 448 g/mol. The number of nitrogens with zero attached hydrogens (tertiary/aromatic N) is 2. The van der Waals surface area contributed by atoms with Crippen molar-refractivity contribution in [1.29, 1.82) is 0 Å². The average Bonchev–Trinajstić information content (AvgIpc) is 2.85. The summed E-state index contributed by atoms with van der Waals surface area (Å²) in [6.45, 7) is 7.15. The maximum absolute atomic E-state index is 14.0. The predicted molar refractivity (Wildman–Crippen MR) is 126 cm³/mol. The van der Waals surface area contributed by atoms with Gasteiger partial charge in [0.05, 0.1) is 25.2 Å². The second-order valence-electron chi connectivity index (χ2n) is 9.01. The van der Waals surface area contributed by atoms with E-state index in [1.165, 1.54) is 6.42 Å². The zero-order valence-electron chi connectivity index (χ0n) is 19.5. The number of benzene rings is 2. The van der Waals surface area contributed by atoms with E-state index >= 15 is 0 Å². The van der Waals surface area contributed by atoms with Gasteiger partial charge < -0.3 is 19.3 Å². The van der Waals surface area contributed by atoms with Crippen LogP contribution in [0.1, 0.15) is 72.1 Å². The number of hydrogen-bond donors (Lipinski definition) is 0. The summed E-state index contributed by atoms with van der Waals surface area (Å²) in [6, 6.07) is 11.4. The van der Waals surface area contributed by atoms with E-state index in [0.29, 0.717) is 31.1 Å². The van der Waals surface area contributed by atoms with Crippen LogP contribution in [0.15, 0.2) is 36.4 Å². The zero-order valence-corrected chi connectivity index (χ0v) is 19.5. The van der Waals surface area contributed by atoms with E-state index in [0.717, 1.165) is 54.8 Å². The Morgan fingerprint density at radius 1 is 0.939 bits per heavy atom. The Balaban J connectivity index is 1.65. The molecule has 33 heavy (non-hydrogen) atoms. The molecule has 0 unspecified atom stereocenters. The molecule has 2 aromatic carbocycles. The molecule has 2 amide bonds. The molecule has 2 atom stereocenters. The Bertz CT molecular complexity index is 1060. The van der Waals surface area contributed by atoms with E-state index in [9.17, 15) is 9.59 Å². The fourth-order valence-electron chi connectivity index (χ4n) is 5.65. The first-order chi connectivity index (χ1) is 16.1. The lowest BCUT2D eigenvalue weighted by Gasteiger charge is -2.46. The lowest BCUT2D eigenvalue weighted by Crippen LogP contribution is -2.51. The first-order valence-corrected chi connectivity index (χ1v) is 12.2. The Morgan fingerprint density at radius 2 is 1.64 bits per heavy atom. The van der Waals surface area contributed by atoms with Gasteiger partial charge in [0.25, 0.3) is 5.91 Å². The molecule has 174 valence electrons. The molecular formula is C27H32N2O4. The lowest BCUT2D eigenvalue weighted by atomic mass is 9.75. The van der Waals surface area contributed by atoms with Crippen molar-refractivity contribution in [2.24, 2.45) is 0 Å². The number of ether oxygens (including phenoxy) is 2. The van der Waals surface area contributed by atoms with Gasteiger partial charge in [-0.2, -0.15) is 0 Å². The molecule has 0 N–H and O–H groups in total. The fourth-order valence-corrected chi connectivity index (χ4v) is 5.65. The second kappa shape index (κ2) is 9.08. The van der Waals surface area contributed by atoms with Crippen LogP contribution in [0.25, 0.3) is 0 Å². The highest BCUT2D eigenvalue weighted by atomic mass is 16.5. The van der Waals surface area contributed by atoms with Gasteiger partial charge in [-0.15, -0.1) is 0 Å². The number of carbonyl (C=O) groups is 2. The second-order valence-corrected chi connectivity index (χ2v) is 9.01. The van der Waals surface area contributed by atoms with Crippen LogP contribution in [0.3, 0.4) is 0 Å². The molecule has 3 aliphatic heterocycles. The molecule has 3 aliphatic rings. The summed E-state index contributed by atoms with van der Waals surface area (Å²) in [5.41, 5.74) is 3.64. The van der Waals surface area contributed by atoms with Crippen molar-refractivity contribution in [3.63, 3.8) is 0 Å². The Morgan fingerprint density at radius 3 is 2.36 bits per heavy atom. The lowest BCUT2D eigenvalue weighted by molar-refractivity contribution is -0.135. The Labute approximate surface area is 195 Å². The summed E-state index contributed by atoms with van der Waals surface area (Å²) in [7, 11) is 0. The van der Waals surface area contributed by atoms with Gasteiger partial charge in [-0.05, 0) is 74.4 Å². The first-order valence-electron chi connectivity index (χ1n) is 12.2. The number of rotatable bonds is 5. The minimum atomic E-state index is -0.413. The van der Waals surface area contributed by atoms with Crippen molar-refractivity contribution >= 4 is 11.8 Å². The third-order valence-corrected chi connectivity index (χ3v) is 7.12. The van der Waals surface area contributed by atoms with Crippen molar-refractivity contribution in [3.8, 4) is 11.5 Å². The Kier molecular flexibility index (Phi) is 6.00. The maximum atomic E-state index is 14.0. The van der Waals surface area contributed by atoms with E-state index in [2.05, 4.69) is 6.07 Å². The van der Waals surface area contributed by atoms with E-state index in [1.54, 1.807) is 0 Å². The largest absolute Gasteiger partial charge is 0.490 e. The molecule has 0 bridgehead atoms. The highest BCUT2D eigenvalue weighted by Crippen LogP contribution is 2.49. The Hall–Kier alpha value is -3.02. The van der Waals surface area contributed by atoms with Crippen molar-refractivity contribution in [1.82, 2.24) is 9.80 Å². The van der Waals surface area contributed by atoms with Crippen molar-refractivity contribution in [3.05, 3.63) is 58.7 Å². The molecule has 0 radical (unpaired) electrons. The van der Waals surface area contributed by atoms with E-state index in [4.69, 9.17) is 9.47 Å². The van der Waals surface area contributed by atoms with Crippen LogP contribution in [0.4, 0.5) is 0 Å². The minimum absolute atomic E-state index is 0.00999. The van der Waals surface area contributed by atoms with Gasteiger partial charge >= 0.3 is 0 Å². The smallest absolute Gasteiger partial charge is 0.254 e. The van der Waals surface area contributed by atoms with Crippen LogP contribution < -0.4 is 9.47 Å². The summed E-state index contributed by atoms with van der Waals surface area (Å²) in [5, 5.41) is 0. The fraction of sp³-hybridized carbons (Fsp3) is 0.481. The summed E-state index contributed by atoms with van der Waals surface area (Å²) in [4.78, 5) is 31.4. The SMILES string of the molecule is CCOc1cc2c(cc1OCC)[C@@H]1[C@@H](C(=O)N3CCCCC3)c3ccccc3C(=O)N1CC2. The number of piperidine rings is 1. The highest BCUT2D eigenvalue weighted by Gasteiger charge is 2.47. The number of hydrogen-bond acceptors (Lipinski definition) is 4. The van der Waals surface area contributed by atoms with Crippen LogP contribution >= 0.6 is 0 Å². The molecule has 0 spiro atoms. The highest BCUT2D eigenvalue weighted by molar-refractivity contribution is 6.01. The van der Waals surface area contributed by atoms with Gasteiger partial charge in [0.2, 0.25) is 5.91 Å². The number of likely N-dealkylation sites (tertiary alicyclic amines) is 1. The van der Waals surface area contributed by atoms with Crippen molar-refractivity contribution < 1.29 is 19.1 Å². The van der Waals surface area contributed by atoms with Crippen molar-refractivity contribution in [2.75, 3.05) is 32.8 Å². The van der Waals surface area contributed by atoms with Crippen LogP contribution in [-0.4, -0.2) is 54.5 Å². The zero-order chi connectivity index (χ0) is 22.9. The van der Waals surface area contributed by atoms with Gasteiger partial charge in [-0.1, -0.05) is 18.2 Å². The molecule has 5 rings (SSSR count). The molecule has 1 fully saturated rings. The number of amides is 2. The van der Waals surface area contributed by atoms with Gasteiger partial charge in [0.15, 0.2) is 11.5 Å². The molecule has 0 aromatic heterocycles. The third kappa shape index (κ3) is 3.75. The first kappa shape index (κ1) is 21.8. The van der Waals surface area contributed by atoms with Gasteiger partial charge in [-0.25, -0.2) is 0 Å². The van der Waals surface area contributed by atoms with E-state index in [-0.39, 0.29) is 17.9 Å². The summed E-state index contributed by atoms with van der Waals surface area (Å²) < 4.78 is 11.8. The van der Waals surface area contributed by atoms with Crippen LogP contribution in [-0.2, 0) is 11.2 Å². The quantitative estimate of drug-likeness (QED) is 0.683. The molecule has 1 saturated heterocycles. The summed E-state index contributed by atoms with van der Waals surface area (Å²) >= 11 is 0. The minimum Gasteiger partial charge on any atom is -0.490 e. The standard InChI is InChI=1S/C27H32N2O4/c1-3-32-22-16-18-12-15-29-25(21(18)17-23(22)33-4-2)24(27(31)28-13-8-5-9-14-28)19-10-6-7-11-20(19)26(29)30/h6-7,10-11,16-17,24-25H,3-5,8-9,12-15H2,1-2H3/t24-,25+/m0/s1. The molecule has 0 saturated carbocycles. The average molecular weight is 449 g/mol. The van der Waals surface area contributed by atoms with Crippen LogP contribution in [0.5, 0.6) is 11.5 Å². The topological polar surface area (TPSA) is 59.1 Å². The molecular weight excluding hydrogens is 416 g/mol. The maximum Gasteiger partial charge on any atom is 0.254 e. The number of fused-ring (bicyclic) bond motifs is 4. The van der Waals surface area contributed by atoms with Crippen LogP contribution in [0.2, 0.25) is 0 Å². The van der Waals surface area contributed by atoms with Gasteiger partial charge in [0.1, 0.15) is 0 Å². The molecule has 6 heteroatoms. The molecule has 2 aromatic rings. The molecule has 6 nitrogen and oxygen atoms in total. The summed E-state index contributed by atoms with van der Waals surface area (Å²) in [6.07, 6.45) is 3.98. The van der Waals surface area contributed by atoms with Gasteiger partial charge in [-0.3, -0.25) is 9.59 Å².